The SMILES string of the molecule is Cc1ncc(NC(=O)CN2CCCC2C)cc1NC(=O)c1cnn2cc(-c3cnn4c3OCCC4)sc12. The van der Waals surface area contributed by atoms with Crippen LogP contribution in [0.1, 0.15) is 42.2 Å². The molecule has 6 rings (SSSR count). The van der Waals surface area contributed by atoms with Crippen molar-refractivity contribution in [1.82, 2.24) is 29.3 Å². The Kier molecular flexibility index (Phi) is 6.13. The first-order valence-electron chi connectivity index (χ1n) is 12.4. The Morgan fingerprint density at radius 3 is 2.89 bits per heavy atom. The third-order valence-electron chi connectivity index (χ3n) is 6.91. The van der Waals surface area contributed by atoms with Gasteiger partial charge in [0.25, 0.3) is 5.91 Å². The number of carbonyl (C=O) groups is 2. The molecular weight excluding hydrogens is 492 g/mol. The van der Waals surface area contributed by atoms with Crippen molar-refractivity contribution in [2.45, 2.75) is 45.7 Å². The monoisotopic (exact) mass is 520 g/mol. The Labute approximate surface area is 217 Å². The molecular formula is C25H28N8O3S. The second-order valence-corrected chi connectivity index (χ2v) is 10.5. The summed E-state index contributed by atoms with van der Waals surface area (Å²) in [5.41, 5.74) is 3.08. The van der Waals surface area contributed by atoms with E-state index in [2.05, 4.69) is 37.6 Å². The van der Waals surface area contributed by atoms with E-state index in [1.54, 1.807) is 29.2 Å². The summed E-state index contributed by atoms with van der Waals surface area (Å²) >= 11 is 1.46. The molecule has 4 aromatic heterocycles. The highest BCUT2D eigenvalue weighted by Gasteiger charge is 2.24. The van der Waals surface area contributed by atoms with Gasteiger partial charge in [0.1, 0.15) is 4.83 Å². The van der Waals surface area contributed by atoms with Crippen LogP contribution in [0.3, 0.4) is 0 Å². The molecule has 2 N–H and O–H groups in total. The maximum absolute atomic E-state index is 13.2. The van der Waals surface area contributed by atoms with Gasteiger partial charge in [-0.15, -0.1) is 11.3 Å². The fourth-order valence-electron chi connectivity index (χ4n) is 4.83. The summed E-state index contributed by atoms with van der Waals surface area (Å²) in [4.78, 5) is 34.0. The lowest BCUT2D eigenvalue weighted by atomic mass is 10.2. The van der Waals surface area contributed by atoms with Crippen molar-refractivity contribution in [1.29, 1.82) is 0 Å². The lowest BCUT2D eigenvalue weighted by Gasteiger charge is -2.20. The van der Waals surface area contributed by atoms with Gasteiger partial charge in [0.15, 0.2) is 0 Å². The predicted molar refractivity (Wildman–Crippen MR) is 140 cm³/mol. The predicted octanol–water partition coefficient (Wildman–Crippen LogP) is 3.42. The Bertz CT molecular complexity index is 1490. The van der Waals surface area contributed by atoms with Gasteiger partial charge in [-0.1, -0.05) is 0 Å². The molecule has 11 nitrogen and oxygen atoms in total. The summed E-state index contributed by atoms with van der Waals surface area (Å²) in [5, 5.41) is 14.7. The van der Waals surface area contributed by atoms with Crippen molar-refractivity contribution in [2.75, 3.05) is 30.3 Å². The zero-order chi connectivity index (χ0) is 25.5. The number of anilines is 2. The Morgan fingerprint density at radius 1 is 1.16 bits per heavy atom. The molecule has 0 aromatic carbocycles. The number of aromatic nitrogens is 5. The highest BCUT2D eigenvalue weighted by molar-refractivity contribution is 7.21. The number of aryl methyl sites for hydroxylation is 2. The molecule has 0 saturated carbocycles. The minimum Gasteiger partial charge on any atom is -0.477 e. The average Bonchev–Trinajstić information content (AvgIpc) is 3.65. The molecule has 2 aliphatic heterocycles. The number of hydrogen-bond donors (Lipinski definition) is 2. The smallest absolute Gasteiger partial charge is 0.260 e. The molecule has 6 heterocycles. The average molecular weight is 521 g/mol. The van der Waals surface area contributed by atoms with Gasteiger partial charge < -0.3 is 15.4 Å². The number of carbonyl (C=O) groups excluding carboxylic acids is 2. The van der Waals surface area contributed by atoms with Gasteiger partial charge in [0.05, 0.1) is 64.8 Å². The van der Waals surface area contributed by atoms with Crippen molar-refractivity contribution < 1.29 is 14.3 Å². The highest BCUT2D eigenvalue weighted by atomic mass is 32.1. The lowest BCUT2D eigenvalue weighted by Crippen LogP contribution is -2.35. The van der Waals surface area contributed by atoms with Crippen LogP contribution in [-0.4, -0.2) is 66.8 Å². The van der Waals surface area contributed by atoms with E-state index < -0.39 is 0 Å². The third-order valence-corrected chi connectivity index (χ3v) is 8.05. The molecule has 0 spiro atoms. The number of likely N-dealkylation sites (tertiary alicyclic amines) is 1. The molecule has 1 saturated heterocycles. The number of ether oxygens (including phenoxy) is 1. The van der Waals surface area contributed by atoms with E-state index in [0.29, 0.717) is 41.8 Å². The van der Waals surface area contributed by atoms with E-state index in [0.717, 1.165) is 53.5 Å². The maximum Gasteiger partial charge on any atom is 0.260 e. The quantitative estimate of drug-likeness (QED) is 0.400. The third kappa shape index (κ3) is 4.58. The Hall–Kier alpha value is -3.77. The second kappa shape index (κ2) is 9.60. The van der Waals surface area contributed by atoms with Gasteiger partial charge in [0, 0.05) is 25.2 Å². The number of nitrogens with one attached hydrogen (secondary N) is 2. The molecule has 2 aliphatic rings. The summed E-state index contributed by atoms with van der Waals surface area (Å²) in [6, 6.07) is 2.15. The zero-order valence-electron chi connectivity index (χ0n) is 20.7. The van der Waals surface area contributed by atoms with Crippen LogP contribution >= 0.6 is 11.3 Å². The molecule has 1 fully saturated rings. The number of amides is 2. The molecule has 4 aromatic rings. The Morgan fingerprint density at radius 2 is 2.05 bits per heavy atom. The molecule has 2 amide bonds. The molecule has 37 heavy (non-hydrogen) atoms. The number of fused-ring (bicyclic) bond motifs is 2. The molecule has 12 heteroatoms. The number of pyridine rings is 1. The molecule has 0 bridgehead atoms. The number of nitrogens with zero attached hydrogens (tertiary/aromatic N) is 6. The van der Waals surface area contributed by atoms with Crippen LogP contribution in [0.2, 0.25) is 0 Å². The fourth-order valence-corrected chi connectivity index (χ4v) is 5.89. The van der Waals surface area contributed by atoms with Crippen molar-refractivity contribution >= 4 is 39.4 Å². The van der Waals surface area contributed by atoms with Gasteiger partial charge in [-0.3, -0.25) is 19.5 Å². The number of rotatable bonds is 6. The van der Waals surface area contributed by atoms with E-state index in [4.69, 9.17) is 4.74 Å². The normalized spacial score (nSPS) is 17.5. The standard InChI is InChI=1S/C25H28N8O3S/c1-15-5-3-6-31(15)14-22(34)29-17-9-20(16(2)26-10-17)30-23(35)19-12-28-33-13-21(37-25(19)33)18-11-27-32-7-4-8-36-24(18)32/h9-13,15H,3-8,14H2,1-2H3,(H,29,34)(H,30,35). The fraction of sp³-hybridized carbons (Fsp3) is 0.400. The zero-order valence-corrected chi connectivity index (χ0v) is 21.5. The molecule has 192 valence electrons. The first kappa shape index (κ1) is 23.6. The Balaban J connectivity index is 1.19. The summed E-state index contributed by atoms with van der Waals surface area (Å²) in [7, 11) is 0. The van der Waals surface area contributed by atoms with Crippen molar-refractivity contribution in [2.24, 2.45) is 0 Å². The van der Waals surface area contributed by atoms with Gasteiger partial charge in [0.2, 0.25) is 11.8 Å². The van der Waals surface area contributed by atoms with Gasteiger partial charge in [-0.2, -0.15) is 10.2 Å². The van der Waals surface area contributed by atoms with Gasteiger partial charge >= 0.3 is 0 Å². The van der Waals surface area contributed by atoms with Crippen LogP contribution in [0.5, 0.6) is 5.88 Å². The first-order valence-corrected chi connectivity index (χ1v) is 13.3. The summed E-state index contributed by atoms with van der Waals surface area (Å²) in [6.45, 7) is 6.73. The van der Waals surface area contributed by atoms with Crippen LogP contribution in [0.25, 0.3) is 15.3 Å². The largest absolute Gasteiger partial charge is 0.477 e. The number of thiazole rings is 1. The van der Waals surface area contributed by atoms with E-state index in [9.17, 15) is 9.59 Å². The molecule has 0 aliphatic carbocycles. The van der Waals surface area contributed by atoms with E-state index in [-0.39, 0.29) is 11.8 Å². The summed E-state index contributed by atoms with van der Waals surface area (Å²) < 4.78 is 9.39. The van der Waals surface area contributed by atoms with Gasteiger partial charge in [-0.25, -0.2) is 9.20 Å². The van der Waals surface area contributed by atoms with Crippen molar-refractivity contribution in [3.8, 4) is 16.3 Å². The topological polar surface area (TPSA) is 119 Å². The van der Waals surface area contributed by atoms with E-state index >= 15 is 0 Å². The van der Waals surface area contributed by atoms with Crippen LogP contribution in [0.15, 0.2) is 30.9 Å². The van der Waals surface area contributed by atoms with Crippen molar-refractivity contribution in [3.05, 3.63) is 42.1 Å². The summed E-state index contributed by atoms with van der Waals surface area (Å²) in [6.07, 6.45) is 10.0. The summed E-state index contributed by atoms with van der Waals surface area (Å²) in [5.74, 6) is 0.366. The second-order valence-electron chi connectivity index (χ2n) is 9.51. The van der Waals surface area contributed by atoms with Crippen LogP contribution < -0.4 is 15.4 Å². The van der Waals surface area contributed by atoms with E-state index in [1.165, 1.54) is 11.3 Å². The minimum atomic E-state index is -0.295. The lowest BCUT2D eigenvalue weighted by molar-refractivity contribution is -0.117. The van der Waals surface area contributed by atoms with Crippen LogP contribution in [-0.2, 0) is 11.3 Å². The van der Waals surface area contributed by atoms with Crippen LogP contribution in [0.4, 0.5) is 11.4 Å². The van der Waals surface area contributed by atoms with Crippen LogP contribution in [0, 0.1) is 6.92 Å². The molecule has 1 unspecified atom stereocenters. The molecule has 1 atom stereocenters. The first-order chi connectivity index (χ1) is 18.0. The minimum absolute atomic E-state index is 0.0903. The highest BCUT2D eigenvalue weighted by Crippen LogP contribution is 2.37. The van der Waals surface area contributed by atoms with Gasteiger partial charge in [-0.05, 0) is 39.3 Å². The maximum atomic E-state index is 13.2. The number of hydrogen-bond acceptors (Lipinski definition) is 8. The van der Waals surface area contributed by atoms with Crippen molar-refractivity contribution in [3.63, 3.8) is 0 Å². The van der Waals surface area contributed by atoms with E-state index in [1.807, 2.05) is 17.8 Å². The molecule has 0 radical (unpaired) electrons.